The molecule has 3 aromatic carbocycles. The average molecular weight is 596 g/mol. The predicted molar refractivity (Wildman–Crippen MR) is 163 cm³/mol. The van der Waals surface area contributed by atoms with Crippen molar-refractivity contribution in [2.24, 2.45) is 0 Å². The predicted octanol–water partition coefficient (Wildman–Crippen LogP) is 6.02. The van der Waals surface area contributed by atoms with Crippen molar-refractivity contribution in [2.45, 2.75) is 76.4 Å². The first-order valence-corrected chi connectivity index (χ1v) is 15.9. The van der Waals surface area contributed by atoms with Crippen LogP contribution in [0.3, 0.4) is 0 Å². The van der Waals surface area contributed by atoms with Gasteiger partial charge in [-0.3, -0.25) is 13.9 Å². The summed E-state index contributed by atoms with van der Waals surface area (Å²) in [6.45, 7) is 5.20. The molecule has 4 rings (SSSR count). The Bertz CT molecular complexity index is 1470. The Morgan fingerprint density at radius 2 is 1.61 bits per heavy atom. The van der Waals surface area contributed by atoms with Gasteiger partial charge in [-0.2, -0.15) is 0 Å². The van der Waals surface area contributed by atoms with Crippen LogP contribution in [-0.4, -0.2) is 43.8 Å². The zero-order chi connectivity index (χ0) is 29.6. The van der Waals surface area contributed by atoms with Crippen LogP contribution in [-0.2, 0) is 26.2 Å². The summed E-state index contributed by atoms with van der Waals surface area (Å²) in [5, 5.41) is 3.60. The highest BCUT2D eigenvalue weighted by atomic mass is 35.5. The Labute approximate surface area is 248 Å². The fourth-order valence-electron chi connectivity index (χ4n) is 5.34. The number of amides is 2. The first-order chi connectivity index (χ1) is 19.6. The van der Waals surface area contributed by atoms with E-state index in [2.05, 4.69) is 5.32 Å². The average Bonchev–Trinajstić information content (AvgIpc) is 3.47. The van der Waals surface area contributed by atoms with Crippen LogP contribution in [0.4, 0.5) is 5.69 Å². The molecule has 0 aromatic heterocycles. The smallest absolute Gasteiger partial charge is 0.264 e. The van der Waals surface area contributed by atoms with Gasteiger partial charge in [0.1, 0.15) is 12.6 Å². The van der Waals surface area contributed by atoms with Crippen LogP contribution in [0.1, 0.15) is 55.7 Å². The van der Waals surface area contributed by atoms with Gasteiger partial charge < -0.3 is 10.2 Å². The van der Waals surface area contributed by atoms with Crippen molar-refractivity contribution in [2.75, 3.05) is 10.8 Å². The Kier molecular flexibility index (Phi) is 10.1. The number of carbonyl (C=O) groups excluding carboxylic acids is 2. The minimum Gasteiger partial charge on any atom is -0.352 e. The van der Waals surface area contributed by atoms with Crippen LogP contribution in [0.2, 0.25) is 5.02 Å². The molecule has 3 aromatic rings. The molecule has 1 fully saturated rings. The molecule has 1 saturated carbocycles. The third-order valence-corrected chi connectivity index (χ3v) is 9.98. The summed E-state index contributed by atoms with van der Waals surface area (Å²) >= 11 is 6.49. The number of nitrogens with zero attached hydrogens (tertiary/aromatic N) is 2. The molecule has 0 saturated heterocycles. The number of hydrogen-bond donors (Lipinski definition) is 1. The lowest BCUT2D eigenvalue weighted by Gasteiger charge is -2.34. The van der Waals surface area contributed by atoms with Crippen molar-refractivity contribution < 1.29 is 18.0 Å². The molecular weight excluding hydrogens is 558 g/mol. The third kappa shape index (κ3) is 7.11. The summed E-state index contributed by atoms with van der Waals surface area (Å²) < 4.78 is 29.2. The number of benzene rings is 3. The van der Waals surface area contributed by atoms with E-state index in [4.69, 9.17) is 11.6 Å². The highest BCUT2D eigenvalue weighted by Crippen LogP contribution is 2.29. The van der Waals surface area contributed by atoms with E-state index in [1.54, 1.807) is 42.5 Å². The molecule has 0 spiro atoms. The molecule has 218 valence electrons. The van der Waals surface area contributed by atoms with Crippen LogP contribution in [0, 0.1) is 13.8 Å². The fraction of sp³-hybridized carbons (Fsp3) is 0.375. The summed E-state index contributed by atoms with van der Waals surface area (Å²) in [5.74, 6) is -0.720. The maximum absolute atomic E-state index is 14.3. The van der Waals surface area contributed by atoms with E-state index in [1.807, 2.05) is 39.0 Å². The quantitative estimate of drug-likeness (QED) is 0.294. The molecule has 1 aliphatic rings. The van der Waals surface area contributed by atoms with Gasteiger partial charge in [0.15, 0.2) is 0 Å². The molecule has 0 unspecified atom stereocenters. The largest absolute Gasteiger partial charge is 0.352 e. The van der Waals surface area contributed by atoms with Gasteiger partial charge in [-0.1, -0.05) is 79.9 Å². The van der Waals surface area contributed by atoms with Gasteiger partial charge in [0.2, 0.25) is 11.8 Å². The Hall–Kier alpha value is -3.36. The first-order valence-electron chi connectivity index (χ1n) is 14.1. The Balaban J connectivity index is 1.75. The highest BCUT2D eigenvalue weighted by molar-refractivity contribution is 7.92. The van der Waals surface area contributed by atoms with Crippen molar-refractivity contribution in [1.29, 1.82) is 0 Å². The topological polar surface area (TPSA) is 86.8 Å². The SMILES string of the molecule is CC[C@H](C(=O)NC1CCCC1)N(Cc1ccccc1Cl)C(=O)CN(c1cccc(C)c1C)S(=O)(=O)c1ccccc1. The Morgan fingerprint density at radius 1 is 0.951 bits per heavy atom. The van der Waals surface area contributed by atoms with Gasteiger partial charge in [-0.05, 0) is 74.1 Å². The zero-order valence-corrected chi connectivity index (χ0v) is 25.4. The molecule has 2 amide bonds. The van der Waals surface area contributed by atoms with Crippen molar-refractivity contribution in [3.05, 3.63) is 94.5 Å². The minimum atomic E-state index is -4.12. The molecule has 0 bridgehead atoms. The van der Waals surface area contributed by atoms with Crippen molar-refractivity contribution in [1.82, 2.24) is 10.2 Å². The maximum atomic E-state index is 14.3. The van der Waals surface area contributed by atoms with Crippen LogP contribution in [0.15, 0.2) is 77.7 Å². The maximum Gasteiger partial charge on any atom is 0.264 e. The van der Waals surface area contributed by atoms with E-state index >= 15 is 0 Å². The molecule has 7 nitrogen and oxygen atoms in total. The van der Waals surface area contributed by atoms with Gasteiger partial charge in [-0.25, -0.2) is 8.42 Å². The van der Waals surface area contributed by atoms with Gasteiger partial charge >= 0.3 is 0 Å². The van der Waals surface area contributed by atoms with Crippen LogP contribution >= 0.6 is 11.6 Å². The first kappa shape index (κ1) is 30.6. The van der Waals surface area contributed by atoms with Crippen molar-refractivity contribution >= 4 is 39.1 Å². The van der Waals surface area contributed by atoms with Gasteiger partial charge in [-0.15, -0.1) is 0 Å². The third-order valence-electron chi connectivity index (χ3n) is 7.84. The lowest BCUT2D eigenvalue weighted by Crippen LogP contribution is -2.53. The molecule has 9 heteroatoms. The number of rotatable bonds is 11. The molecule has 1 N–H and O–H groups in total. The van der Waals surface area contributed by atoms with Crippen molar-refractivity contribution in [3.63, 3.8) is 0 Å². The molecule has 1 atom stereocenters. The number of hydrogen-bond acceptors (Lipinski definition) is 4. The molecule has 41 heavy (non-hydrogen) atoms. The summed E-state index contributed by atoms with van der Waals surface area (Å²) in [7, 11) is -4.12. The normalized spacial score (nSPS) is 14.4. The number of anilines is 1. The lowest BCUT2D eigenvalue weighted by molar-refractivity contribution is -0.140. The second kappa shape index (κ2) is 13.5. The summed E-state index contributed by atoms with van der Waals surface area (Å²) in [5.41, 5.74) is 2.75. The van der Waals surface area contributed by atoms with E-state index < -0.39 is 28.5 Å². The number of aryl methyl sites for hydroxylation is 1. The Morgan fingerprint density at radius 3 is 2.27 bits per heavy atom. The molecular formula is C32H38ClN3O4S. The molecule has 0 aliphatic heterocycles. The van der Waals surface area contributed by atoms with E-state index in [-0.39, 0.29) is 23.4 Å². The lowest BCUT2D eigenvalue weighted by atomic mass is 10.1. The monoisotopic (exact) mass is 595 g/mol. The van der Waals surface area contributed by atoms with Crippen LogP contribution < -0.4 is 9.62 Å². The van der Waals surface area contributed by atoms with Gasteiger partial charge in [0.25, 0.3) is 10.0 Å². The highest BCUT2D eigenvalue weighted by Gasteiger charge is 2.35. The van der Waals surface area contributed by atoms with Crippen molar-refractivity contribution in [3.8, 4) is 0 Å². The number of sulfonamides is 1. The number of nitrogens with one attached hydrogen (secondary N) is 1. The second-order valence-corrected chi connectivity index (χ2v) is 12.8. The zero-order valence-electron chi connectivity index (χ0n) is 23.8. The number of halogens is 1. The summed E-state index contributed by atoms with van der Waals surface area (Å²) in [6, 6.07) is 19.9. The summed E-state index contributed by atoms with van der Waals surface area (Å²) in [6.07, 6.45) is 4.31. The van der Waals surface area contributed by atoms with Crippen LogP contribution in [0.5, 0.6) is 0 Å². The second-order valence-electron chi connectivity index (χ2n) is 10.6. The van der Waals surface area contributed by atoms with Crippen LogP contribution in [0.25, 0.3) is 0 Å². The molecule has 1 aliphatic carbocycles. The minimum absolute atomic E-state index is 0.0706. The van der Waals surface area contributed by atoms with Gasteiger partial charge in [0, 0.05) is 17.6 Å². The van der Waals surface area contributed by atoms with E-state index in [9.17, 15) is 18.0 Å². The van der Waals surface area contributed by atoms with E-state index in [0.717, 1.165) is 41.1 Å². The molecule has 0 radical (unpaired) electrons. The van der Waals surface area contributed by atoms with Gasteiger partial charge in [0.05, 0.1) is 10.6 Å². The number of carbonyl (C=O) groups is 2. The summed E-state index contributed by atoms with van der Waals surface area (Å²) in [4.78, 5) is 29.4. The standard InChI is InChI=1S/C32H38ClN3O4S/c1-4-29(32(38)34-26-15-9-10-16-26)35(21-25-14-8-11-19-28(25)33)31(37)22-36(30-20-12-13-23(2)24(30)3)41(39,40)27-17-6-5-7-18-27/h5-8,11-14,17-20,26,29H,4,9-10,15-16,21-22H2,1-3H3,(H,34,38)/t29-/m1/s1. The van der Waals surface area contributed by atoms with E-state index in [0.29, 0.717) is 22.7 Å². The molecule has 0 heterocycles. The van der Waals surface area contributed by atoms with E-state index in [1.165, 1.54) is 17.0 Å². The fourth-order valence-corrected chi connectivity index (χ4v) is 7.02.